The molecule has 1 aliphatic rings. The largest absolute Gasteiger partial charge is 0.349 e. The summed E-state index contributed by atoms with van der Waals surface area (Å²) in [4.78, 5) is 12.7. The van der Waals surface area contributed by atoms with Gasteiger partial charge in [-0.05, 0) is 63.1 Å². The van der Waals surface area contributed by atoms with Crippen LogP contribution in [0.1, 0.15) is 41.3 Å². The van der Waals surface area contributed by atoms with Crippen LogP contribution in [0.2, 0.25) is 0 Å². The number of carbonyl (C=O) groups is 1. The molecule has 1 saturated heterocycles. The fourth-order valence-electron chi connectivity index (χ4n) is 3.33. The highest BCUT2D eigenvalue weighted by Crippen LogP contribution is 2.18. The number of amides is 1. The first-order chi connectivity index (χ1) is 12.8. The predicted octanol–water partition coefficient (Wildman–Crippen LogP) is 3.26. The number of halogens is 1. The van der Waals surface area contributed by atoms with Crippen molar-refractivity contribution in [3.8, 4) is 0 Å². The summed E-state index contributed by atoms with van der Waals surface area (Å²) in [7, 11) is -3.40. The number of hydrogen-bond donors (Lipinski definition) is 2. The number of benzene rings is 2. The number of nitrogens with one attached hydrogen (secondary N) is 2. The molecular weight excluding hydrogens is 396 g/mol. The van der Waals surface area contributed by atoms with Gasteiger partial charge in [0.25, 0.3) is 5.91 Å². The summed E-state index contributed by atoms with van der Waals surface area (Å²) >= 11 is 0. The van der Waals surface area contributed by atoms with Gasteiger partial charge >= 0.3 is 0 Å². The molecule has 3 rings (SSSR count). The Morgan fingerprint density at radius 1 is 1.11 bits per heavy atom. The molecule has 2 unspecified atom stereocenters. The number of carbonyl (C=O) groups excluding carboxylic acids is 1. The van der Waals surface area contributed by atoms with E-state index in [1.54, 1.807) is 48.5 Å². The summed E-state index contributed by atoms with van der Waals surface area (Å²) in [5.74, 6) is -0.189. The Bertz CT molecular complexity index is 896. The number of rotatable bonds is 5. The van der Waals surface area contributed by atoms with E-state index in [1.807, 2.05) is 6.92 Å². The number of sulfone groups is 1. The number of piperidine rings is 1. The van der Waals surface area contributed by atoms with Crippen LogP contribution in [0.3, 0.4) is 0 Å². The summed E-state index contributed by atoms with van der Waals surface area (Å²) in [5, 5.41) is 6.43. The maximum atomic E-state index is 12.5. The monoisotopic (exact) mass is 422 g/mol. The van der Waals surface area contributed by atoms with Crippen molar-refractivity contribution >= 4 is 28.2 Å². The number of hydrogen-bond acceptors (Lipinski definition) is 4. The van der Waals surface area contributed by atoms with Gasteiger partial charge < -0.3 is 10.6 Å². The minimum atomic E-state index is -3.40. The van der Waals surface area contributed by atoms with Crippen LogP contribution in [-0.2, 0) is 15.6 Å². The lowest BCUT2D eigenvalue weighted by Gasteiger charge is -2.28. The Morgan fingerprint density at radius 2 is 1.75 bits per heavy atom. The molecule has 5 nitrogen and oxygen atoms in total. The van der Waals surface area contributed by atoms with E-state index in [1.165, 1.54) is 0 Å². The van der Waals surface area contributed by atoms with E-state index in [0.717, 1.165) is 24.9 Å². The number of aryl methyl sites for hydroxylation is 1. The molecular formula is C21H27ClN2O3S. The first-order valence-electron chi connectivity index (χ1n) is 9.26. The molecule has 1 aliphatic heterocycles. The lowest BCUT2D eigenvalue weighted by molar-refractivity contribution is 0.0925. The van der Waals surface area contributed by atoms with Gasteiger partial charge in [0.05, 0.1) is 10.6 Å². The molecule has 1 fully saturated rings. The lowest BCUT2D eigenvalue weighted by Crippen LogP contribution is -2.46. The quantitative estimate of drug-likeness (QED) is 0.775. The van der Waals surface area contributed by atoms with Crippen LogP contribution in [-0.4, -0.2) is 33.0 Å². The second kappa shape index (κ2) is 9.54. The van der Waals surface area contributed by atoms with E-state index in [2.05, 4.69) is 17.6 Å². The maximum Gasteiger partial charge on any atom is 0.251 e. The van der Waals surface area contributed by atoms with Crippen LogP contribution >= 0.6 is 12.4 Å². The van der Waals surface area contributed by atoms with Crippen molar-refractivity contribution in [3.05, 3.63) is 65.2 Å². The Kier molecular flexibility index (Phi) is 7.63. The van der Waals surface area contributed by atoms with Gasteiger partial charge in [0, 0.05) is 17.6 Å². The van der Waals surface area contributed by atoms with Gasteiger partial charge in [-0.1, -0.05) is 29.8 Å². The van der Waals surface area contributed by atoms with Gasteiger partial charge in [-0.15, -0.1) is 12.4 Å². The summed E-state index contributed by atoms with van der Waals surface area (Å²) in [6, 6.07) is 14.2. The maximum absolute atomic E-state index is 12.5. The SMILES string of the molecule is Cc1ccc(S(=O)(=O)Cc2ccc(C(=O)NC3CCNC(C)C3)cc2)cc1.Cl. The molecule has 2 aromatic rings. The molecule has 2 atom stereocenters. The van der Waals surface area contributed by atoms with Crippen LogP contribution in [0.25, 0.3) is 0 Å². The summed E-state index contributed by atoms with van der Waals surface area (Å²) < 4.78 is 25.1. The highest BCUT2D eigenvalue weighted by atomic mass is 35.5. The zero-order valence-corrected chi connectivity index (χ0v) is 17.8. The van der Waals surface area contributed by atoms with E-state index in [4.69, 9.17) is 0 Å². The Labute approximate surface area is 173 Å². The zero-order chi connectivity index (χ0) is 19.4. The molecule has 1 heterocycles. The zero-order valence-electron chi connectivity index (χ0n) is 16.1. The fraction of sp³-hybridized carbons (Fsp3) is 0.381. The van der Waals surface area contributed by atoms with E-state index in [0.29, 0.717) is 22.1 Å². The summed E-state index contributed by atoms with van der Waals surface area (Å²) in [5.41, 5.74) is 2.24. The first-order valence-corrected chi connectivity index (χ1v) is 10.9. The highest BCUT2D eigenvalue weighted by Gasteiger charge is 2.21. The van der Waals surface area contributed by atoms with Crippen LogP contribution in [0.5, 0.6) is 0 Å². The molecule has 1 amide bonds. The third-order valence-electron chi connectivity index (χ3n) is 4.91. The molecule has 0 aliphatic carbocycles. The second-order valence-corrected chi connectivity index (χ2v) is 9.31. The van der Waals surface area contributed by atoms with Crippen LogP contribution in [0.15, 0.2) is 53.4 Å². The standard InChI is InChI=1S/C21H26N2O3S.ClH/c1-15-3-9-20(10-4-15)27(25,26)14-17-5-7-18(8-6-17)21(24)23-19-11-12-22-16(2)13-19;/h3-10,16,19,22H,11-14H2,1-2H3,(H,23,24);1H. The predicted molar refractivity (Wildman–Crippen MR) is 114 cm³/mol. The normalized spacial score (nSPS) is 19.5. The average molecular weight is 423 g/mol. The summed E-state index contributed by atoms with van der Waals surface area (Å²) in [6.45, 7) is 4.94. The third kappa shape index (κ3) is 5.80. The molecule has 0 bridgehead atoms. The van der Waals surface area contributed by atoms with Gasteiger partial charge in [0.2, 0.25) is 0 Å². The van der Waals surface area contributed by atoms with Gasteiger partial charge in [-0.25, -0.2) is 8.42 Å². The van der Waals surface area contributed by atoms with E-state index in [-0.39, 0.29) is 30.1 Å². The molecule has 152 valence electrons. The molecule has 7 heteroatoms. The molecule has 0 saturated carbocycles. The van der Waals surface area contributed by atoms with E-state index >= 15 is 0 Å². The topological polar surface area (TPSA) is 75.3 Å². The highest BCUT2D eigenvalue weighted by molar-refractivity contribution is 7.90. The van der Waals surface area contributed by atoms with Crippen LogP contribution in [0.4, 0.5) is 0 Å². The smallest absolute Gasteiger partial charge is 0.251 e. The van der Waals surface area contributed by atoms with E-state index < -0.39 is 9.84 Å². The van der Waals surface area contributed by atoms with Crippen molar-refractivity contribution in [2.24, 2.45) is 0 Å². The van der Waals surface area contributed by atoms with Gasteiger partial charge in [-0.2, -0.15) is 0 Å². The van der Waals surface area contributed by atoms with Crippen molar-refractivity contribution in [1.82, 2.24) is 10.6 Å². The van der Waals surface area contributed by atoms with Crippen molar-refractivity contribution in [2.75, 3.05) is 6.54 Å². The summed E-state index contributed by atoms with van der Waals surface area (Å²) in [6.07, 6.45) is 1.83. The Morgan fingerprint density at radius 3 is 2.36 bits per heavy atom. The van der Waals surface area contributed by atoms with Gasteiger partial charge in [0.15, 0.2) is 9.84 Å². The van der Waals surface area contributed by atoms with E-state index in [9.17, 15) is 13.2 Å². The Balaban J connectivity index is 0.00000280. The molecule has 2 aromatic carbocycles. The molecule has 2 N–H and O–H groups in total. The molecule has 0 aromatic heterocycles. The molecule has 0 spiro atoms. The van der Waals surface area contributed by atoms with Crippen molar-refractivity contribution in [2.45, 2.75) is 49.4 Å². The minimum absolute atomic E-state index is 0. The van der Waals surface area contributed by atoms with Crippen molar-refractivity contribution in [1.29, 1.82) is 0 Å². The minimum Gasteiger partial charge on any atom is -0.349 e. The fourth-order valence-corrected chi connectivity index (χ4v) is 4.68. The van der Waals surface area contributed by atoms with Gasteiger partial charge in [0.1, 0.15) is 0 Å². The second-order valence-electron chi connectivity index (χ2n) is 7.32. The van der Waals surface area contributed by atoms with Crippen molar-refractivity contribution < 1.29 is 13.2 Å². The van der Waals surface area contributed by atoms with Crippen LogP contribution in [0, 0.1) is 6.92 Å². The Hall–Kier alpha value is -1.89. The average Bonchev–Trinajstić information content (AvgIpc) is 2.62. The molecule has 0 radical (unpaired) electrons. The third-order valence-corrected chi connectivity index (χ3v) is 6.62. The lowest BCUT2D eigenvalue weighted by atomic mass is 10.00. The van der Waals surface area contributed by atoms with Crippen molar-refractivity contribution in [3.63, 3.8) is 0 Å². The van der Waals surface area contributed by atoms with Crippen LogP contribution < -0.4 is 10.6 Å². The van der Waals surface area contributed by atoms with Gasteiger partial charge in [-0.3, -0.25) is 4.79 Å². The molecule has 28 heavy (non-hydrogen) atoms. The first kappa shape index (κ1) is 22.4.